The summed E-state index contributed by atoms with van der Waals surface area (Å²) in [5.41, 5.74) is 4.16. The number of hydrogen-bond donors (Lipinski definition) is 0. The van der Waals surface area contributed by atoms with Gasteiger partial charge in [0.2, 0.25) is 0 Å². The minimum atomic E-state index is 0.00739. The van der Waals surface area contributed by atoms with E-state index in [2.05, 4.69) is 11.1 Å². The van der Waals surface area contributed by atoms with E-state index >= 15 is 0 Å². The van der Waals surface area contributed by atoms with Crippen molar-refractivity contribution in [2.24, 2.45) is 0 Å². The second-order valence-corrected chi connectivity index (χ2v) is 6.71. The SMILES string of the molecule is N#Cc1ccccc1COc1ccc2c(c1)C(=O)N(Cc1cccnc1)CC2. The predicted octanol–water partition coefficient (Wildman–Crippen LogP) is 3.73. The first-order valence-corrected chi connectivity index (χ1v) is 9.16. The standard InChI is InChI=1S/C23H19N3O2/c24-13-19-5-1-2-6-20(19)16-28-21-8-7-18-9-11-26(23(27)22(18)12-21)15-17-4-3-10-25-14-17/h1-8,10,12,14H,9,11,15-16H2. The number of pyridine rings is 1. The van der Waals surface area contributed by atoms with Gasteiger partial charge in [0.25, 0.3) is 5.91 Å². The highest BCUT2D eigenvalue weighted by Crippen LogP contribution is 2.25. The van der Waals surface area contributed by atoms with Crippen LogP contribution in [0, 0.1) is 11.3 Å². The Labute approximate surface area is 163 Å². The molecule has 3 aromatic rings. The Morgan fingerprint density at radius 1 is 1.14 bits per heavy atom. The number of carbonyl (C=O) groups excluding carboxylic acids is 1. The molecule has 0 aliphatic carbocycles. The first kappa shape index (κ1) is 17.7. The Bertz CT molecular complexity index is 1040. The van der Waals surface area contributed by atoms with Gasteiger partial charge in [0.05, 0.1) is 11.6 Å². The summed E-state index contributed by atoms with van der Waals surface area (Å²) < 4.78 is 5.87. The zero-order chi connectivity index (χ0) is 19.3. The van der Waals surface area contributed by atoms with Crippen molar-refractivity contribution in [3.05, 3.63) is 94.8 Å². The molecular formula is C23H19N3O2. The summed E-state index contributed by atoms with van der Waals surface area (Å²) in [4.78, 5) is 18.9. The van der Waals surface area contributed by atoms with E-state index in [1.165, 1.54) is 0 Å². The average molecular weight is 369 g/mol. The van der Waals surface area contributed by atoms with E-state index < -0.39 is 0 Å². The molecule has 0 spiro atoms. The topological polar surface area (TPSA) is 66.2 Å². The second kappa shape index (κ2) is 7.93. The van der Waals surface area contributed by atoms with Crippen molar-refractivity contribution in [2.45, 2.75) is 19.6 Å². The molecule has 0 N–H and O–H groups in total. The smallest absolute Gasteiger partial charge is 0.254 e. The normalized spacial score (nSPS) is 13.0. The molecule has 0 fully saturated rings. The van der Waals surface area contributed by atoms with Gasteiger partial charge in [-0.15, -0.1) is 0 Å². The van der Waals surface area contributed by atoms with Crippen molar-refractivity contribution in [3.63, 3.8) is 0 Å². The number of fused-ring (bicyclic) bond motifs is 1. The monoisotopic (exact) mass is 369 g/mol. The van der Waals surface area contributed by atoms with Gasteiger partial charge in [0.15, 0.2) is 0 Å². The second-order valence-electron chi connectivity index (χ2n) is 6.71. The molecule has 5 nitrogen and oxygen atoms in total. The van der Waals surface area contributed by atoms with Crippen molar-refractivity contribution in [3.8, 4) is 11.8 Å². The van der Waals surface area contributed by atoms with Crippen molar-refractivity contribution in [1.82, 2.24) is 9.88 Å². The van der Waals surface area contributed by atoms with Gasteiger partial charge < -0.3 is 9.64 Å². The summed E-state index contributed by atoms with van der Waals surface area (Å²) in [6, 6.07) is 19.0. The Morgan fingerprint density at radius 2 is 2.04 bits per heavy atom. The zero-order valence-corrected chi connectivity index (χ0v) is 15.3. The molecule has 0 saturated heterocycles. The molecule has 0 bridgehead atoms. The fraction of sp³-hybridized carbons (Fsp3) is 0.174. The Balaban J connectivity index is 1.50. The van der Waals surface area contributed by atoms with Crippen molar-refractivity contribution in [2.75, 3.05) is 6.54 Å². The molecule has 2 aromatic carbocycles. The fourth-order valence-electron chi connectivity index (χ4n) is 3.37. The van der Waals surface area contributed by atoms with Crippen LogP contribution < -0.4 is 4.74 Å². The van der Waals surface area contributed by atoms with E-state index in [4.69, 9.17) is 4.74 Å². The zero-order valence-electron chi connectivity index (χ0n) is 15.3. The molecule has 1 amide bonds. The number of benzene rings is 2. The van der Waals surface area contributed by atoms with E-state index in [0.717, 1.165) is 23.1 Å². The number of rotatable bonds is 5. The Hall–Kier alpha value is -3.65. The lowest BCUT2D eigenvalue weighted by Crippen LogP contribution is -2.37. The van der Waals surface area contributed by atoms with Crippen molar-refractivity contribution in [1.29, 1.82) is 5.26 Å². The van der Waals surface area contributed by atoms with Crippen molar-refractivity contribution >= 4 is 5.91 Å². The van der Waals surface area contributed by atoms with Gasteiger partial charge in [0, 0.05) is 36.6 Å². The number of aromatic nitrogens is 1. The summed E-state index contributed by atoms with van der Waals surface area (Å²) in [7, 11) is 0. The van der Waals surface area contributed by atoms with Crippen molar-refractivity contribution < 1.29 is 9.53 Å². The third-order valence-corrected chi connectivity index (χ3v) is 4.88. The summed E-state index contributed by atoms with van der Waals surface area (Å²) in [6.45, 7) is 1.53. The molecular weight excluding hydrogens is 350 g/mol. The van der Waals surface area contributed by atoms with Crippen LogP contribution in [0.2, 0.25) is 0 Å². The highest BCUT2D eigenvalue weighted by Gasteiger charge is 2.25. The lowest BCUT2D eigenvalue weighted by Gasteiger charge is -2.29. The average Bonchev–Trinajstić information content (AvgIpc) is 2.75. The van der Waals surface area contributed by atoms with Gasteiger partial charge in [-0.2, -0.15) is 5.26 Å². The number of amides is 1. The number of nitrogens with zero attached hydrogens (tertiary/aromatic N) is 3. The van der Waals surface area contributed by atoms with Crippen LogP contribution in [0.25, 0.3) is 0 Å². The molecule has 28 heavy (non-hydrogen) atoms. The van der Waals surface area contributed by atoms with E-state index in [1.54, 1.807) is 18.5 Å². The van der Waals surface area contributed by atoms with Crippen LogP contribution >= 0.6 is 0 Å². The van der Waals surface area contributed by atoms with Gasteiger partial charge in [-0.1, -0.05) is 30.3 Å². The molecule has 0 radical (unpaired) electrons. The molecule has 2 heterocycles. The molecule has 1 aliphatic heterocycles. The molecule has 138 valence electrons. The van der Waals surface area contributed by atoms with Gasteiger partial charge in [-0.25, -0.2) is 0 Å². The highest BCUT2D eigenvalue weighted by molar-refractivity contribution is 5.97. The summed E-state index contributed by atoms with van der Waals surface area (Å²) in [5.74, 6) is 0.635. The van der Waals surface area contributed by atoms with E-state index in [9.17, 15) is 10.1 Å². The largest absolute Gasteiger partial charge is 0.489 e. The maximum Gasteiger partial charge on any atom is 0.254 e. The predicted molar refractivity (Wildman–Crippen MR) is 105 cm³/mol. The molecule has 5 heteroatoms. The Morgan fingerprint density at radius 3 is 2.86 bits per heavy atom. The van der Waals surface area contributed by atoms with Gasteiger partial charge in [0.1, 0.15) is 12.4 Å². The quantitative estimate of drug-likeness (QED) is 0.687. The van der Waals surface area contributed by atoms with Gasteiger partial charge >= 0.3 is 0 Å². The lowest BCUT2D eigenvalue weighted by atomic mass is 9.98. The third-order valence-electron chi connectivity index (χ3n) is 4.88. The first-order chi connectivity index (χ1) is 13.7. The van der Waals surface area contributed by atoms with Crippen LogP contribution in [-0.2, 0) is 19.6 Å². The molecule has 0 unspecified atom stereocenters. The molecule has 1 aromatic heterocycles. The van der Waals surface area contributed by atoms with Crippen LogP contribution in [0.4, 0.5) is 0 Å². The number of hydrogen-bond acceptors (Lipinski definition) is 4. The minimum absolute atomic E-state index is 0.00739. The summed E-state index contributed by atoms with van der Waals surface area (Å²) in [6.07, 6.45) is 4.33. The van der Waals surface area contributed by atoms with Gasteiger partial charge in [-0.05, 0) is 41.8 Å². The van der Waals surface area contributed by atoms with Gasteiger partial charge in [-0.3, -0.25) is 9.78 Å². The third kappa shape index (κ3) is 3.72. The first-order valence-electron chi connectivity index (χ1n) is 9.16. The Kier molecular flexibility index (Phi) is 5.03. The summed E-state index contributed by atoms with van der Waals surface area (Å²) in [5, 5.41) is 9.20. The fourth-order valence-corrected chi connectivity index (χ4v) is 3.37. The van der Waals surface area contributed by atoms with Crippen LogP contribution in [0.1, 0.15) is 32.6 Å². The minimum Gasteiger partial charge on any atom is -0.489 e. The van der Waals surface area contributed by atoms with Crippen LogP contribution in [0.5, 0.6) is 5.75 Å². The molecule has 4 rings (SSSR count). The van der Waals surface area contributed by atoms with Crippen LogP contribution in [-0.4, -0.2) is 22.3 Å². The molecule has 1 aliphatic rings. The molecule has 0 atom stereocenters. The maximum absolute atomic E-state index is 13.0. The van der Waals surface area contributed by atoms with Crippen LogP contribution in [0.3, 0.4) is 0 Å². The highest BCUT2D eigenvalue weighted by atomic mass is 16.5. The summed E-state index contributed by atoms with van der Waals surface area (Å²) >= 11 is 0. The van der Waals surface area contributed by atoms with Crippen LogP contribution in [0.15, 0.2) is 67.0 Å². The number of ether oxygens (including phenoxy) is 1. The van der Waals surface area contributed by atoms with E-state index in [1.807, 2.05) is 53.4 Å². The lowest BCUT2D eigenvalue weighted by molar-refractivity contribution is 0.0726. The maximum atomic E-state index is 13.0. The number of nitriles is 1. The van der Waals surface area contributed by atoms with E-state index in [0.29, 0.717) is 30.0 Å². The van der Waals surface area contributed by atoms with E-state index in [-0.39, 0.29) is 12.5 Å². The number of carbonyl (C=O) groups is 1. The molecule has 0 saturated carbocycles.